The molecule has 4 heteroatoms. The molecule has 1 N–H and O–H groups in total. The van der Waals surface area contributed by atoms with Gasteiger partial charge < -0.3 is 14.9 Å². The fourth-order valence-electron chi connectivity index (χ4n) is 2.12. The van der Waals surface area contributed by atoms with Crippen LogP contribution in [0.25, 0.3) is 0 Å². The maximum Gasteiger partial charge on any atom is 0.128 e. The summed E-state index contributed by atoms with van der Waals surface area (Å²) < 4.78 is 0. The average molecular weight is 235 g/mol. The Bertz CT molecular complexity index is 381. The van der Waals surface area contributed by atoms with Crippen molar-refractivity contribution in [2.45, 2.75) is 26.0 Å². The summed E-state index contributed by atoms with van der Waals surface area (Å²) in [5.74, 6) is 0.975. The number of piperazine rings is 1. The molecule has 2 heterocycles. The fourth-order valence-corrected chi connectivity index (χ4v) is 2.12. The van der Waals surface area contributed by atoms with Crippen LogP contribution in [0.15, 0.2) is 18.3 Å². The summed E-state index contributed by atoms with van der Waals surface area (Å²) >= 11 is 0. The number of aromatic nitrogens is 1. The van der Waals surface area contributed by atoms with Crippen molar-refractivity contribution in [3.63, 3.8) is 0 Å². The lowest BCUT2D eigenvalue weighted by Crippen LogP contribution is -2.50. The lowest BCUT2D eigenvalue weighted by atomic mass is 10.1. The van der Waals surface area contributed by atoms with Crippen molar-refractivity contribution in [1.82, 2.24) is 9.88 Å². The second-order valence-electron chi connectivity index (χ2n) is 4.90. The van der Waals surface area contributed by atoms with E-state index in [9.17, 15) is 5.11 Å². The second-order valence-corrected chi connectivity index (χ2v) is 4.90. The third kappa shape index (κ3) is 2.76. The van der Waals surface area contributed by atoms with E-state index < -0.39 is 6.10 Å². The molecule has 2 atom stereocenters. The van der Waals surface area contributed by atoms with Crippen LogP contribution in [-0.4, -0.2) is 47.7 Å². The summed E-state index contributed by atoms with van der Waals surface area (Å²) in [5.41, 5.74) is 0.932. The van der Waals surface area contributed by atoms with E-state index in [0.717, 1.165) is 31.0 Å². The number of aliphatic hydroxyl groups excluding tert-OH is 1. The molecule has 0 aromatic carbocycles. The molecule has 2 rings (SSSR count). The highest BCUT2D eigenvalue weighted by atomic mass is 16.3. The van der Waals surface area contributed by atoms with Gasteiger partial charge >= 0.3 is 0 Å². The van der Waals surface area contributed by atoms with Crippen LogP contribution in [0.5, 0.6) is 0 Å². The first-order chi connectivity index (χ1) is 8.08. The summed E-state index contributed by atoms with van der Waals surface area (Å²) in [6.07, 6.45) is 1.35. The molecule has 0 radical (unpaired) electrons. The normalized spacial score (nSPS) is 23.8. The number of hydrogen-bond donors (Lipinski definition) is 1. The zero-order valence-corrected chi connectivity index (χ0v) is 10.8. The third-order valence-electron chi connectivity index (χ3n) is 3.54. The van der Waals surface area contributed by atoms with Crippen LogP contribution < -0.4 is 4.90 Å². The van der Waals surface area contributed by atoms with Gasteiger partial charge in [-0.15, -0.1) is 0 Å². The maximum atomic E-state index is 9.59. The summed E-state index contributed by atoms with van der Waals surface area (Å²) in [4.78, 5) is 9.05. The molecule has 1 fully saturated rings. The molecule has 4 nitrogen and oxygen atoms in total. The van der Waals surface area contributed by atoms with E-state index in [4.69, 9.17) is 0 Å². The highest BCUT2D eigenvalue weighted by Gasteiger charge is 2.21. The van der Waals surface area contributed by atoms with Crippen molar-refractivity contribution in [2.24, 2.45) is 0 Å². The van der Waals surface area contributed by atoms with Gasteiger partial charge in [-0.25, -0.2) is 4.98 Å². The average Bonchev–Trinajstić information content (AvgIpc) is 2.33. The standard InChI is InChI=1S/C13H21N3O/c1-10-9-16(7-6-15(10)3)13-8-12(11(2)17)4-5-14-13/h4-5,8,10-11,17H,6-7,9H2,1-3H3/t10?,11-/m1/s1. The van der Waals surface area contributed by atoms with Crippen molar-refractivity contribution in [3.8, 4) is 0 Å². The van der Waals surface area contributed by atoms with Gasteiger partial charge in [-0.3, -0.25) is 0 Å². The minimum atomic E-state index is -0.429. The Morgan fingerprint density at radius 1 is 1.47 bits per heavy atom. The van der Waals surface area contributed by atoms with Crippen LogP contribution >= 0.6 is 0 Å². The van der Waals surface area contributed by atoms with Crippen molar-refractivity contribution >= 4 is 5.82 Å². The van der Waals surface area contributed by atoms with Gasteiger partial charge in [0, 0.05) is 31.9 Å². The lowest BCUT2D eigenvalue weighted by molar-refractivity contribution is 0.199. The highest BCUT2D eigenvalue weighted by molar-refractivity contribution is 5.42. The molecule has 1 unspecified atom stereocenters. The molecule has 1 aliphatic heterocycles. The molecule has 17 heavy (non-hydrogen) atoms. The molecule has 0 spiro atoms. The molecular formula is C13H21N3O. The number of anilines is 1. The van der Waals surface area contributed by atoms with Crippen LogP contribution in [-0.2, 0) is 0 Å². The minimum Gasteiger partial charge on any atom is -0.389 e. The van der Waals surface area contributed by atoms with Crippen molar-refractivity contribution in [1.29, 1.82) is 0 Å². The van der Waals surface area contributed by atoms with Crippen molar-refractivity contribution in [3.05, 3.63) is 23.9 Å². The molecule has 1 saturated heterocycles. The van der Waals surface area contributed by atoms with Crippen LogP contribution in [0.1, 0.15) is 25.5 Å². The first kappa shape index (κ1) is 12.3. The predicted octanol–water partition coefficient (Wildman–Crippen LogP) is 1.28. The van der Waals surface area contributed by atoms with Gasteiger partial charge in [0.15, 0.2) is 0 Å². The van der Waals surface area contributed by atoms with E-state index in [-0.39, 0.29) is 0 Å². The van der Waals surface area contributed by atoms with E-state index in [1.165, 1.54) is 0 Å². The smallest absolute Gasteiger partial charge is 0.128 e. The van der Waals surface area contributed by atoms with Crippen LogP contribution in [0.2, 0.25) is 0 Å². The number of likely N-dealkylation sites (N-methyl/N-ethyl adjacent to an activating group) is 1. The van der Waals surface area contributed by atoms with E-state index in [2.05, 4.69) is 28.8 Å². The Labute approximate surface area is 103 Å². The predicted molar refractivity (Wildman–Crippen MR) is 69.2 cm³/mol. The van der Waals surface area contributed by atoms with Crippen molar-refractivity contribution < 1.29 is 5.11 Å². The molecule has 0 saturated carbocycles. The van der Waals surface area contributed by atoms with E-state index >= 15 is 0 Å². The Morgan fingerprint density at radius 2 is 2.24 bits per heavy atom. The zero-order chi connectivity index (χ0) is 12.4. The Morgan fingerprint density at radius 3 is 2.88 bits per heavy atom. The molecule has 0 amide bonds. The quantitative estimate of drug-likeness (QED) is 0.838. The number of aliphatic hydroxyl groups is 1. The van der Waals surface area contributed by atoms with Gasteiger partial charge in [-0.2, -0.15) is 0 Å². The number of nitrogens with zero attached hydrogens (tertiary/aromatic N) is 3. The Hall–Kier alpha value is -1.13. The Balaban J connectivity index is 2.14. The summed E-state index contributed by atoms with van der Waals surface area (Å²) in [6, 6.07) is 4.40. The van der Waals surface area contributed by atoms with Gasteiger partial charge in [0.1, 0.15) is 5.82 Å². The van der Waals surface area contributed by atoms with Gasteiger partial charge in [0.05, 0.1) is 6.10 Å². The molecular weight excluding hydrogens is 214 g/mol. The molecule has 0 aliphatic carbocycles. The SMILES string of the molecule is CC1CN(c2cc([C@@H](C)O)ccn2)CCN1C. The van der Waals surface area contributed by atoms with Gasteiger partial charge in [-0.05, 0) is 38.6 Å². The van der Waals surface area contributed by atoms with Gasteiger partial charge in [-0.1, -0.05) is 0 Å². The molecule has 0 bridgehead atoms. The second kappa shape index (κ2) is 5.02. The zero-order valence-electron chi connectivity index (χ0n) is 10.8. The molecule has 94 valence electrons. The van der Waals surface area contributed by atoms with Crippen molar-refractivity contribution in [2.75, 3.05) is 31.6 Å². The summed E-state index contributed by atoms with van der Waals surface area (Å²) in [5, 5.41) is 9.59. The number of rotatable bonds is 2. The monoisotopic (exact) mass is 235 g/mol. The Kier molecular flexibility index (Phi) is 3.64. The minimum absolute atomic E-state index is 0.429. The van der Waals surface area contributed by atoms with Gasteiger partial charge in [0.2, 0.25) is 0 Å². The van der Waals surface area contributed by atoms with Gasteiger partial charge in [0.25, 0.3) is 0 Å². The lowest BCUT2D eigenvalue weighted by Gasteiger charge is -2.38. The topological polar surface area (TPSA) is 39.6 Å². The number of pyridine rings is 1. The van der Waals surface area contributed by atoms with E-state index in [0.29, 0.717) is 6.04 Å². The van der Waals surface area contributed by atoms with Crippen LogP contribution in [0.4, 0.5) is 5.82 Å². The first-order valence-corrected chi connectivity index (χ1v) is 6.17. The number of hydrogen-bond acceptors (Lipinski definition) is 4. The van der Waals surface area contributed by atoms with E-state index in [1.807, 2.05) is 12.1 Å². The summed E-state index contributed by atoms with van der Waals surface area (Å²) in [6.45, 7) is 7.06. The largest absolute Gasteiger partial charge is 0.389 e. The van der Waals surface area contributed by atoms with Crippen LogP contribution in [0.3, 0.4) is 0 Å². The molecule has 1 aromatic heterocycles. The maximum absolute atomic E-state index is 9.59. The third-order valence-corrected chi connectivity index (χ3v) is 3.54. The first-order valence-electron chi connectivity index (χ1n) is 6.17. The highest BCUT2D eigenvalue weighted by Crippen LogP contribution is 2.20. The van der Waals surface area contributed by atoms with E-state index in [1.54, 1.807) is 13.1 Å². The fraction of sp³-hybridized carbons (Fsp3) is 0.615. The molecule has 1 aromatic rings. The van der Waals surface area contributed by atoms with Crippen LogP contribution in [0, 0.1) is 0 Å². The molecule has 1 aliphatic rings. The summed E-state index contributed by atoms with van der Waals surface area (Å²) in [7, 11) is 2.15.